The molecule has 100 valence electrons. The van der Waals surface area contributed by atoms with Gasteiger partial charge in [-0.1, -0.05) is 0 Å². The molecule has 0 aliphatic rings. The minimum Gasteiger partial charge on any atom is -0.187 e. The largest absolute Gasteiger partial charge is 0.187 e. The lowest BCUT2D eigenvalue weighted by Crippen LogP contribution is -2.22. The Morgan fingerprint density at radius 1 is 0.500 bits per heavy atom. The normalized spacial score (nSPS) is 12.0. The molecule has 0 bridgehead atoms. The molecule has 16 heavy (non-hydrogen) atoms. The summed E-state index contributed by atoms with van der Waals surface area (Å²) in [7, 11) is 0. The molecular weight excluding hydrogens is 240 g/mol. The van der Waals surface area contributed by atoms with Gasteiger partial charge in [0.15, 0.2) is 0 Å². The van der Waals surface area contributed by atoms with Crippen LogP contribution < -0.4 is 0 Å². The van der Waals surface area contributed by atoms with Gasteiger partial charge < -0.3 is 0 Å². The fraction of sp³-hybridized carbons (Fsp3) is 1.00. The molecule has 0 aliphatic carbocycles. The van der Waals surface area contributed by atoms with Crippen LogP contribution in [0.4, 0.5) is 0 Å². The lowest BCUT2D eigenvalue weighted by molar-refractivity contribution is 0.617. The van der Waals surface area contributed by atoms with Crippen molar-refractivity contribution in [1.82, 2.24) is 0 Å². The summed E-state index contributed by atoms with van der Waals surface area (Å²) in [6.07, 6.45) is 0. The molecule has 0 fully saturated rings. The highest BCUT2D eigenvalue weighted by Crippen LogP contribution is 2.07. The molecule has 0 spiro atoms. The standard InChI is InChI=1S/2C6H15OS/c2*1-5(2)8(7)6(3)4/h2*5-7H,1-4H3/q2*+1. The molecule has 0 aromatic carbocycles. The highest BCUT2D eigenvalue weighted by molar-refractivity contribution is 7.92. The van der Waals surface area contributed by atoms with E-state index in [1.807, 2.05) is 55.4 Å². The first-order valence-electron chi connectivity index (χ1n) is 5.93. The molecule has 2 N–H and O–H groups in total. The Balaban J connectivity index is 0. The van der Waals surface area contributed by atoms with Crippen LogP contribution in [0.15, 0.2) is 0 Å². The van der Waals surface area contributed by atoms with E-state index < -0.39 is 0 Å². The van der Waals surface area contributed by atoms with Gasteiger partial charge in [0.25, 0.3) is 0 Å². The molecule has 0 aromatic rings. The van der Waals surface area contributed by atoms with E-state index in [1.54, 1.807) is 0 Å². The predicted molar refractivity (Wildman–Crippen MR) is 80.5 cm³/mol. The van der Waals surface area contributed by atoms with E-state index in [9.17, 15) is 9.11 Å². The zero-order chi connectivity index (χ0) is 13.5. The first-order valence-corrected chi connectivity index (χ1v) is 8.54. The molecule has 0 radical (unpaired) electrons. The van der Waals surface area contributed by atoms with Crippen molar-refractivity contribution in [1.29, 1.82) is 0 Å². The van der Waals surface area contributed by atoms with Gasteiger partial charge in [0.05, 0.1) is 0 Å². The van der Waals surface area contributed by atoms with Crippen molar-refractivity contribution < 1.29 is 9.11 Å². The second-order valence-corrected chi connectivity index (χ2v) is 10.0. The number of hydrogen-bond donors (Lipinski definition) is 2. The van der Waals surface area contributed by atoms with Crippen molar-refractivity contribution in [2.24, 2.45) is 0 Å². The Kier molecular flexibility index (Phi) is 11.4. The van der Waals surface area contributed by atoms with Crippen molar-refractivity contribution in [3.8, 4) is 0 Å². The van der Waals surface area contributed by atoms with Crippen molar-refractivity contribution >= 4 is 22.4 Å². The van der Waals surface area contributed by atoms with Crippen molar-refractivity contribution in [2.75, 3.05) is 0 Å². The third-order valence-corrected chi connectivity index (χ3v) is 5.80. The van der Waals surface area contributed by atoms with Crippen LogP contribution in [-0.4, -0.2) is 30.1 Å². The summed E-state index contributed by atoms with van der Waals surface area (Å²) in [5.74, 6) is 0. The summed E-state index contributed by atoms with van der Waals surface area (Å²) in [6, 6.07) is 0. The number of rotatable bonds is 4. The van der Waals surface area contributed by atoms with Crippen LogP contribution in [-0.2, 0) is 22.4 Å². The Morgan fingerprint density at radius 3 is 0.625 bits per heavy atom. The van der Waals surface area contributed by atoms with E-state index in [-0.39, 0.29) is 22.4 Å². The van der Waals surface area contributed by atoms with Gasteiger partial charge in [0.1, 0.15) is 43.4 Å². The third kappa shape index (κ3) is 9.82. The van der Waals surface area contributed by atoms with Crippen LogP contribution >= 0.6 is 0 Å². The van der Waals surface area contributed by atoms with Crippen LogP contribution in [0.1, 0.15) is 55.4 Å². The first-order chi connectivity index (χ1) is 7.11. The average molecular weight is 271 g/mol. The van der Waals surface area contributed by atoms with E-state index in [0.717, 1.165) is 0 Å². The molecule has 0 unspecified atom stereocenters. The van der Waals surface area contributed by atoms with Gasteiger partial charge in [-0.25, -0.2) is 0 Å². The third-order valence-electron chi connectivity index (χ3n) is 1.93. The molecule has 2 nitrogen and oxygen atoms in total. The van der Waals surface area contributed by atoms with Gasteiger partial charge in [-0.2, -0.15) is 9.11 Å². The second kappa shape index (κ2) is 9.63. The molecule has 0 saturated carbocycles. The van der Waals surface area contributed by atoms with Crippen molar-refractivity contribution in [2.45, 2.75) is 76.4 Å². The van der Waals surface area contributed by atoms with Gasteiger partial charge >= 0.3 is 0 Å². The summed E-state index contributed by atoms with van der Waals surface area (Å²) in [6.45, 7) is 16.4. The SMILES string of the molecule is CC(C)[S+](O)C(C)C.CC(C)[S+](O)C(C)C. The van der Waals surface area contributed by atoms with E-state index in [4.69, 9.17) is 0 Å². The smallest absolute Gasteiger partial charge is 0.148 e. The molecule has 0 heterocycles. The molecule has 0 atom stereocenters. The Bertz CT molecular complexity index is 125. The zero-order valence-corrected chi connectivity index (χ0v) is 13.7. The van der Waals surface area contributed by atoms with E-state index in [2.05, 4.69) is 0 Å². The minimum atomic E-state index is -0.373. The van der Waals surface area contributed by atoms with E-state index in [1.165, 1.54) is 0 Å². The van der Waals surface area contributed by atoms with Gasteiger partial charge in [0, 0.05) is 0 Å². The maximum atomic E-state index is 9.23. The lowest BCUT2D eigenvalue weighted by atomic mass is 10.5. The average Bonchev–Trinajstić information content (AvgIpc) is 2.15. The van der Waals surface area contributed by atoms with E-state index in [0.29, 0.717) is 21.0 Å². The van der Waals surface area contributed by atoms with Crippen molar-refractivity contribution in [3.05, 3.63) is 0 Å². The van der Waals surface area contributed by atoms with Crippen LogP contribution in [0, 0.1) is 0 Å². The fourth-order valence-corrected chi connectivity index (χ4v) is 3.27. The van der Waals surface area contributed by atoms with Crippen molar-refractivity contribution in [3.63, 3.8) is 0 Å². The summed E-state index contributed by atoms with van der Waals surface area (Å²) < 4.78 is 18.5. The fourth-order valence-electron chi connectivity index (χ4n) is 1.09. The monoisotopic (exact) mass is 270 g/mol. The van der Waals surface area contributed by atoms with Crippen LogP contribution in [0.3, 0.4) is 0 Å². The minimum absolute atomic E-state index is 0.373. The molecular formula is C12H30O2S2+2. The summed E-state index contributed by atoms with van der Waals surface area (Å²) in [5, 5.41) is 1.70. The molecule has 4 heteroatoms. The molecule has 0 aliphatic heterocycles. The first kappa shape index (κ1) is 19.0. The molecule has 0 rings (SSSR count). The highest BCUT2D eigenvalue weighted by atomic mass is 32.2. The molecule has 0 aromatic heterocycles. The second-order valence-electron chi connectivity index (χ2n) is 4.89. The summed E-state index contributed by atoms with van der Waals surface area (Å²) in [4.78, 5) is 0. The molecule has 0 saturated heterocycles. The maximum absolute atomic E-state index is 9.23. The Morgan fingerprint density at radius 2 is 0.625 bits per heavy atom. The van der Waals surface area contributed by atoms with Crippen LogP contribution in [0.25, 0.3) is 0 Å². The van der Waals surface area contributed by atoms with Gasteiger partial charge in [-0.3, -0.25) is 0 Å². The van der Waals surface area contributed by atoms with Gasteiger partial charge in [0.2, 0.25) is 0 Å². The summed E-state index contributed by atoms with van der Waals surface area (Å²) in [5.41, 5.74) is 0. The van der Waals surface area contributed by atoms with Gasteiger partial charge in [-0.05, 0) is 55.4 Å². The van der Waals surface area contributed by atoms with Crippen LogP contribution in [0.2, 0.25) is 0 Å². The number of hydrogen-bond acceptors (Lipinski definition) is 2. The molecule has 0 amide bonds. The Hall–Kier alpha value is 0.620. The highest BCUT2D eigenvalue weighted by Gasteiger charge is 2.24. The maximum Gasteiger partial charge on any atom is 0.148 e. The summed E-state index contributed by atoms with van der Waals surface area (Å²) >= 11 is -0.747. The Labute approximate surface area is 108 Å². The van der Waals surface area contributed by atoms with E-state index >= 15 is 0 Å². The zero-order valence-electron chi connectivity index (χ0n) is 12.0. The van der Waals surface area contributed by atoms with Crippen LogP contribution in [0.5, 0.6) is 0 Å². The predicted octanol–water partition coefficient (Wildman–Crippen LogP) is 3.79. The quantitative estimate of drug-likeness (QED) is 0.763. The topological polar surface area (TPSA) is 40.5 Å². The lowest BCUT2D eigenvalue weighted by Gasteiger charge is -2.05. The van der Waals surface area contributed by atoms with Gasteiger partial charge in [-0.15, -0.1) is 0 Å².